The summed E-state index contributed by atoms with van der Waals surface area (Å²) in [6, 6.07) is 4.67. The Hall–Kier alpha value is -2.36. The number of sulfone groups is 1. The van der Waals surface area contributed by atoms with E-state index >= 15 is 0 Å². The van der Waals surface area contributed by atoms with E-state index < -0.39 is 27.9 Å². The Bertz CT molecular complexity index is 961. The van der Waals surface area contributed by atoms with Crippen molar-refractivity contribution in [2.75, 3.05) is 47.5 Å². The molecule has 4 rings (SSSR count). The molecule has 1 atom stereocenters. The number of carbonyl (C=O) groups excluding carboxylic acids is 2. The van der Waals surface area contributed by atoms with Gasteiger partial charge in [-0.2, -0.15) is 0 Å². The van der Waals surface area contributed by atoms with E-state index in [4.69, 9.17) is 4.74 Å². The molecule has 1 aromatic carbocycles. The van der Waals surface area contributed by atoms with Crippen LogP contribution in [0.15, 0.2) is 18.2 Å². The fourth-order valence-electron chi connectivity index (χ4n) is 4.70. The molecule has 0 bridgehead atoms. The minimum atomic E-state index is -2.88. The molecule has 1 N–H and O–H groups in total. The van der Waals surface area contributed by atoms with Gasteiger partial charge < -0.3 is 15.0 Å². The SMILES string of the molecule is CCCC(=O)NC[C@H]1CN(c2ccc(N3CCC4(CC3)CS(=O)(=O)C4)c(F)c2)C(=O)O1. The van der Waals surface area contributed by atoms with E-state index in [1.165, 1.54) is 11.0 Å². The molecule has 0 saturated carbocycles. The van der Waals surface area contributed by atoms with Gasteiger partial charge in [0.1, 0.15) is 11.9 Å². The average Bonchev–Trinajstić information content (AvgIpc) is 3.07. The lowest BCUT2D eigenvalue weighted by Crippen LogP contribution is -2.54. The monoisotopic (exact) mass is 453 g/mol. The van der Waals surface area contributed by atoms with Crippen LogP contribution in [-0.4, -0.2) is 64.2 Å². The highest BCUT2D eigenvalue weighted by atomic mass is 32.2. The second-order valence-electron chi connectivity index (χ2n) is 8.83. The summed E-state index contributed by atoms with van der Waals surface area (Å²) in [6.45, 7) is 3.60. The van der Waals surface area contributed by atoms with Crippen molar-refractivity contribution in [1.29, 1.82) is 0 Å². The molecule has 170 valence electrons. The van der Waals surface area contributed by atoms with Crippen LogP contribution in [0.2, 0.25) is 0 Å². The van der Waals surface area contributed by atoms with Gasteiger partial charge in [-0.25, -0.2) is 17.6 Å². The molecule has 0 aliphatic carbocycles. The third-order valence-electron chi connectivity index (χ3n) is 6.34. The van der Waals surface area contributed by atoms with Crippen molar-refractivity contribution in [3.05, 3.63) is 24.0 Å². The summed E-state index contributed by atoms with van der Waals surface area (Å²) in [5.74, 6) is -0.0314. The predicted molar refractivity (Wildman–Crippen MR) is 114 cm³/mol. The molecule has 2 amide bonds. The number of nitrogens with one attached hydrogen (secondary N) is 1. The maximum absolute atomic E-state index is 14.9. The van der Waals surface area contributed by atoms with Gasteiger partial charge in [0, 0.05) is 24.9 Å². The number of carbonyl (C=O) groups is 2. The van der Waals surface area contributed by atoms with Gasteiger partial charge >= 0.3 is 6.09 Å². The maximum atomic E-state index is 14.9. The Morgan fingerprint density at radius 2 is 2.00 bits per heavy atom. The summed E-state index contributed by atoms with van der Waals surface area (Å²) >= 11 is 0. The van der Waals surface area contributed by atoms with Crippen molar-refractivity contribution in [1.82, 2.24) is 5.32 Å². The van der Waals surface area contributed by atoms with Gasteiger partial charge in [0.25, 0.3) is 0 Å². The minimum Gasteiger partial charge on any atom is -0.442 e. The number of nitrogens with zero attached hydrogens (tertiary/aromatic N) is 2. The Morgan fingerprint density at radius 1 is 1.29 bits per heavy atom. The number of halogens is 1. The third kappa shape index (κ3) is 4.63. The molecule has 3 aliphatic rings. The first-order chi connectivity index (χ1) is 14.7. The first-order valence-corrected chi connectivity index (χ1v) is 12.5. The maximum Gasteiger partial charge on any atom is 0.414 e. The summed E-state index contributed by atoms with van der Waals surface area (Å²) in [6.07, 6.45) is 1.59. The number of benzene rings is 1. The lowest BCUT2D eigenvalue weighted by atomic mass is 9.81. The normalized spacial score (nSPS) is 24.1. The van der Waals surface area contributed by atoms with E-state index in [0.717, 1.165) is 19.3 Å². The summed E-state index contributed by atoms with van der Waals surface area (Å²) in [4.78, 5) is 27.1. The van der Waals surface area contributed by atoms with Gasteiger partial charge in [-0.3, -0.25) is 9.69 Å². The number of amides is 2. The molecule has 10 heteroatoms. The van der Waals surface area contributed by atoms with Crippen LogP contribution in [0.1, 0.15) is 32.6 Å². The van der Waals surface area contributed by atoms with E-state index in [0.29, 0.717) is 30.9 Å². The van der Waals surface area contributed by atoms with E-state index in [2.05, 4.69) is 5.32 Å². The zero-order valence-electron chi connectivity index (χ0n) is 17.6. The molecule has 8 nitrogen and oxygen atoms in total. The highest BCUT2D eigenvalue weighted by Gasteiger charge is 2.49. The van der Waals surface area contributed by atoms with Crippen LogP contribution in [0, 0.1) is 11.2 Å². The topological polar surface area (TPSA) is 96.0 Å². The first-order valence-electron chi connectivity index (χ1n) is 10.7. The van der Waals surface area contributed by atoms with Crippen LogP contribution in [0.4, 0.5) is 20.6 Å². The number of cyclic esters (lactones) is 1. The number of rotatable bonds is 6. The Labute approximate surface area is 181 Å². The summed E-state index contributed by atoms with van der Waals surface area (Å²) in [5.41, 5.74) is 0.732. The fourth-order valence-corrected chi connectivity index (χ4v) is 7.06. The lowest BCUT2D eigenvalue weighted by molar-refractivity contribution is -0.121. The van der Waals surface area contributed by atoms with Crippen LogP contribution in [0.5, 0.6) is 0 Å². The highest BCUT2D eigenvalue weighted by Crippen LogP contribution is 2.43. The molecule has 1 aromatic rings. The zero-order chi connectivity index (χ0) is 22.2. The molecular formula is C21H28FN3O5S. The molecule has 3 aliphatic heterocycles. The van der Waals surface area contributed by atoms with Gasteiger partial charge in [0.05, 0.1) is 36.0 Å². The average molecular weight is 454 g/mol. The third-order valence-corrected chi connectivity index (χ3v) is 8.44. The zero-order valence-corrected chi connectivity index (χ0v) is 18.4. The van der Waals surface area contributed by atoms with Gasteiger partial charge in [0.15, 0.2) is 9.84 Å². The van der Waals surface area contributed by atoms with E-state index in [1.54, 1.807) is 12.1 Å². The smallest absolute Gasteiger partial charge is 0.414 e. The fraction of sp³-hybridized carbons (Fsp3) is 0.619. The Balaban J connectivity index is 1.36. The minimum absolute atomic E-state index is 0.0878. The molecule has 3 fully saturated rings. The number of hydrogen-bond donors (Lipinski definition) is 1. The summed E-state index contributed by atoms with van der Waals surface area (Å²) in [7, 11) is -2.88. The first kappa shape index (κ1) is 21.9. The van der Waals surface area contributed by atoms with Gasteiger partial charge in [-0.1, -0.05) is 6.92 Å². The second kappa shape index (κ2) is 8.29. The van der Waals surface area contributed by atoms with Crippen molar-refractivity contribution in [2.45, 2.75) is 38.7 Å². The molecule has 31 heavy (non-hydrogen) atoms. The standard InChI is InChI=1S/C21H28FN3O5S/c1-2-3-19(26)23-11-16-12-25(20(27)30-16)15-4-5-18(17(22)10-15)24-8-6-21(7-9-24)13-31(28,29)14-21/h4-5,10,16H,2-3,6-9,11-14H2,1H3,(H,23,26)/t16-/m0/s1. The molecule has 3 saturated heterocycles. The Kier molecular flexibility index (Phi) is 5.85. The summed E-state index contributed by atoms with van der Waals surface area (Å²) in [5, 5.41) is 2.74. The molecular weight excluding hydrogens is 425 g/mol. The largest absolute Gasteiger partial charge is 0.442 e. The molecule has 1 spiro atoms. The van der Waals surface area contributed by atoms with Gasteiger partial charge in [-0.15, -0.1) is 0 Å². The van der Waals surface area contributed by atoms with Gasteiger partial charge in [-0.05, 0) is 37.5 Å². The van der Waals surface area contributed by atoms with Gasteiger partial charge in [0.2, 0.25) is 5.91 Å². The lowest BCUT2D eigenvalue weighted by Gasteiger charge is -2.47. The van der Waals surface area contributed by atoms with Crippen LogP contribution in [-0.2, 0) is 19.4 Å². The molecule has 0 aromatic heterocycles. The van der Waals surface area contributed by atoms with Crippen molar-refractivity contribution in [3.63, 3.8) is 0 Å². The van der Waals surface area contributed by atoms with E-state index in [-0.39, 0.29) is 35.9 Å². The number of ether oxygens (including phenoxy) is 1. The predicted octanol–water partition coefficient (Wildman–Crippen LogP) is 2.08. The van der Waals surface area contributed by atoms with Crippen molar-refractivity contribution in [3.8, 4) is 0 Å². The van der Waals surface area contributed by atoms with Crippen LogP contribution >= 0.6 is 0 Å². The highest BCUT2D eigenvalue weighted by molar-refractivity contribution is 7.92. The second-order valence-corrected chi connectivity index (χ2v) is 10.9. The van der Waals surface area contributed by atoms with Crippen LogP contribution < -0.4 is 15.1 Å². The van der Waals surface area contributed by atoms with Crippen LogP contribution in [0.25, 0.3) is 0 Å². The Morgan fingerprint density at radius 3 is 2.61 bits per heavy atom. The summed E-state index contributed by atoms with van der Waals surface area (Å²) < 4.78 is 43.3. The number of anilines is 2. The molecule has 3 heterocycles. The van der Waals surface area contributed by atoms with Crippen molar-refractivity contribution < 1.29 is 27.1 Å². The number of piperidine rings is 1. The molecule has 0 unspecified atom stereocenters. The van der Waals surface area contributed by atoms with Crippen molar-refractivity contribution in [2.24, 2.45) is 5.41 Å². The quantitative estimate of drug-likeness (QED) is 0.709. The molecule has 0 radical (unpaired) electrons. The number of hydrogen-bond acceptors (Lipinski definition) is 6. The van der Waals surface area contributed by atoms with Crippen LogP contribution in [0.3, 0.4) is 0 Å². The van der Waals surface area contributed by atoms with Crippen molar-refractivity contribution >= 4 is 33.2 Å². The van der Waals surface area contributed by atoms with E-state index in [9.17, 15) is 22.4 Å². The van der Waals surface area contributed by atoms with E-state index in [1.807, 2.05) is 11.8 Å².